The normalized spacial score (nSPS) is 10.6. The van der Waals surface area contributed by atoms with Gasteiger partial charge in [-0.15, -0.1) is 0 Å². The van der Waals surface area contributed by atoms with Crippen LogP contribution in [0.2, 0.25) is 0 Å². The van der Waals surface area contributed by atoms with E-state index in [0.29, 0.717) is 23.7 Å². The van der Waals surface area contributed by atoms with E-state index in [1.807, 2.05) is 6.92 Å². The predicted octanol–water partition coefficient (Wildman–Crippen LogP) is 3.95. The van der Waals surface area contributed by atoms with Crippen molar-refractivity contribution in [1.82, 2.24) is 9.97 Å². The van der Waals surface area contributed by atoms with Crippen LogP contribution in [0.15, 0.2) is 53.8 Å². The first-order valence-electron chi connectivity index (χ1n) is 9.07. The van der Waals surface area contributed by atoms with Crippen molar-refractivity contribution in [1.29, 1.82) is 5.26 Å². The van der Waals surface area contributed by atoms with Crippen LogP contribution in [0.4, 0.5) is 11.5 Å². The molecule has 10 nitrogen and oxygen atoms in total. The first-order chi connectivity index (χ1) is 15.0. The van der Waals surface area contributed by atoms with Gasteiger partial charge in [-0.05, 0) is 42.8 Å². The number of hydrazone groups is 1. The minimum Gasteiger partial charge on any atom is -0.439 e. The van der Waals surface area contributed by atoms with E-state index >= 15 is 0 Å². The third-order valence-corrected chi connectivity index (χ3v) is 4.06. The zero-order chi connectivity index (χ0) is 22.2. The van der Waals surface area contributed by atoms with Crippen molar-refractivity contribution in [2.45, 2.75) is 13.5 Å². The molecule has 0 spiro atoms. The fourth-order valence-electron chi connectivity index (χ4n) is 2.67. The van der Waals surface area contributed by atoms with E-state index in [0.717, 1.165) is 23.0 Å². The second kappa shape index (κ2) is 9.91. The van der Waals surface area contributed by atoms with Crippen LogP contribution in [0.3, 0.4) is 0 Å². The van der Waals surface area contributed by atoms with Gasteiger partial charge in [-0.3, -0.25) is 15.5 Å². The van der Waals surface area contributed by atoms with E-state index in [-0.39, 0.29) is 11.6 Å². The van der Waals surface area contributed by atoms with Gasteiger partial charge < -0.3 is 9.47 Å². The number of nitriles is 1. The summed E-state index contributed by atoms with van der Waals surface area (Å²) in [5.41, 5.74) is 5.33. The molecule has 0 atom stereocenters. The molecule has 0 aliphatic rings. The van der Waals surface area contributed by atoms with E-state index in [2.05, 4.69) is 26.6 Å². The Morgan fingerprint density at radius 2 is 2.06 bits per heavy atom. The van der Waals surface area contributed by atoms with Gasteiger partial charge in [-0.25, -0.2) is 9.97 Å². The van der Waals surface area contributed by atoms with Crippen LogP contribution in [-0.4, -0.2) is 28.2 Å². The fraction of sp³-hybridized carbons (Fsp3) is 0.143. The molecule has 2 aromatic heterocycles. The van der Waals surface area contributed by atoms with Crippen LogP contribution in [0.5, 0.6) is 11.6 Å². The standard InChI is InChI=1S/C21H18N6O4/c1-14-9-16(13-30-2)19(10-22)21(25-14)26-24-11-15-3-6-18(7-4-15)31-20-8-5-17(12-23-20)27(28)29/h3-9,11-12H,13H2,1-2H3,(H,25,26)/b24-11+. The molecule has 3 rings (SSSR count). The smallest absolute Gasteiger partial charge is 0.287 e. The number of nitrogens with zero attached hydrogens (tertiary/aromatic N) is 5. The van der Waals surface area contributed by atoms with Crippen molar-refractivity contribution >= 4 is 17.7 Å². The molecule has 0 saturated heterocycles. The highest BCUT2D eigenvalue weighted by Crippen LogP contribution is 2.22. The van der Waals surface area contributed by atoms with E-state index in [4.69, 9.17) is 9.47 Å². The Morgan fingerprint density at radius 1 is 1.29 bits per heavy atom. The highest BCUT2D eigenvalue weighted by molar-refractivity contribution is 5.80. The summed E-state index contributed by atoms with van der Waals surface area (Å²) < 4.78 is 10.7. The first kappa shape index (κ1) is 21.4. The summed E-state index contributed by atoms with van der Waals surface area (Å²) >= 11 is 0. The number of methoxy groups -OCH3 is 1. The number of benzene rings is 1. The molecule has 1 N–H and O–H groups in total. The van der Waals surface area contributed by atoms with Crippen molar-refractivity contribution in [3.8, 4) is 17.7 Å². The summed E-state index contributed by atoms with van der Waals surface area (Å²) in [4.78, 5) is 18.4. The monoisotopic (exact) mass is 418 g/mol. The van der Waals surface area contributed by atoms with Crippen LogP contribution in [0.25, 0.3) is 0 Å². The first-order valence-corrected chi connectivity index (χ1v) is 9.07. The van der Waals surface area contributed by atoms with Crippen LogP contribution >= 0.6 is 0 Å². The lowest BCUT2D eigenvalue weighted by atomic mass is 10.1. The number of ether oxygens (including phenoxy) is 2. The SMILES string of the molecule is COCc1cc(C)nc(N/N=C/c2ccc(Oc3ccc([N+](=O)[O-])cn3)cc2)c1C#N. The predicted molar refractivity (Wildman–Crippen MR) is 113 cm³/mol. The van der Waals surface area contributed by atoms with Crippen LogP contribution in [0.1, 0.15) is 22.4 Å². The van der Waals surface area contributed by atoms with E-state index in [9.17, 15) is 15.4 Å². The Bertz CT molecular complexity index is 1140. The van der Waals surface area contributed by atoms with Gasteiger partial charge in [0.1, 0.15) is 23.6 Å². The van der Waals surface area contributed by atoms with Gasteiger partial charge >= 0.3 is 0 Å². The van der Waals surface area contributed by atoms with E-state index in [1.54, 1.807) is 43.7 Å². The number of hydrogen-bond donors (Lipinski definition) is 1. The molecule has 0 amide bonds. The summed E-state index contributed by atoms with van der Waals surface area (Å²) in [7, 11) is 1.56. The summed E-state index contributed by atoms with van der Waals surface area (Å²) in [5.74, 6) is 1.12. The lowest BCUT2D eigenvalue weighted by Crippen LogP contribution is -2.03. The average Bonchev–Trinajstić information content (AvgIpc) is 2.75. The topological polar surface area (TPSA) is 136 Å². The van der Waals surface area contributed by atoms with Crippen LogP contribution in [-0.2, 0) is 11.3 Å². The quantitative estimate of drug-likeness (QED) is 0.330. The van der Waals surface area contributed by atoms with Gasteiger partial charge in [-0.2, -0.15) is 10.4 Å². The molecular weight excluding hydrogens is 400 g/mol. The number of aryl methyl sites for hydroxylation is 1. The van der Waals surface area contributed by atoms with Gasteiger partial charge in [0.2, 0.25) is 5.88 Å². The lowest BCUT2D eigenvalue weighted by molar-refractivity contribution is -0.385. The Kier molecular flexibility index (Phi) is 6.82. The Balaban J connectivity index is 1.66. The van der Waals surface area contributed by atoms with Gasteiger partial charge in [0.05, 0.1) is 17.7 Å². The minimum absolute atomic E-state index is 0.108. The number of hydrogen-bond acceptors (Lipinski definition) is 9. The molecule has 0 radical (unpaired) electrons. The van der Waals surface area contributed by atoms with Gasteiger partial charge in [0.15, 0.2) is 5.82 Å². The summed E-state index contributed by atoms with van der Waals surface area (Å²) in [6.07, 6.45) is 2.71. The largest absolute Gasteiger partial charge is 0.439 e. The second-order valence-corrected chi connectivity index (χ2v) is 6.34. The fourth-order valence-corrected chi connectivity index (χ4v) is 2.67. The maximum Gasteiger partial charge on any atom is 0.287 e. The molecule has 156 valence electrons. The van der Waals surface area contributed by atoms with Crippen molar-refractivity contribution in [3.05, 3.63) is 81.2 Å². The van der Waals surface area contributed by atoms with Crippen molar-refractivity contribution in [2.75, 3.05) is 12.5 Å². The molecular formula is C21H18N6O4. The van der Waals surface area contributed by atoms with Crippen molar-refractivity contribution < 1.29 is 14.4 Å². The molecule has 1 aromatic carbocycles. The number of pyridine rings is 2. The molecule has 10 heteroatoms. The van der Waals surface area contributed by atoms with Crippen LogP contribution in [0, 0.1) is 28.4 Å². The second-order valence-electron chi connectivity index (χ2n) is 6.34. The number of aromatic nitrogens is 2. The number of rotatable bonds is 8. The molecule has 0 saturated carbocycles. The molecule has 0 unspecified atom stereocenters. The highest BCUT2D eigenvalue weighted by atomic mass is 16.6. The number of anilines is 1. The zero-order valence-corrected chi connectivity index (χ0v) is 16.8. The molecule has 0 aliphatic carbocycles. The van der Waals surface area contributed by atoms with Gasteiger partial charge in [-0.1, -0.05) is 0 Å². The molecule has 2 heterocycles. The zero-order valence-electron chi connectivity index (χ0n) is 16.8. The number of nitro groups is 1. The lowest BCUT2D eigenvalue weighted by Gasteiger charge is -2.09. The van der Waals surface area contributed by atoms with E-state index in [1.165, 1.54) is 12.1 Å². The third kappa shape index (κ3) is 5.59. The molecule has 0 aliphatic heterocycles. The molecule has 31 heavy (non-hydrogen) atoms. The van der Waals surface area contributed by atoms with Crippen molar-refractivity contribution in [3.63, 3.8) is 0 Å². The Morgan fingerprint density at radius 3 is 2.68 bits per heavy atom. The maximum atomic E-state index is 10.7. The summed E-state index contributed by atoms with van der Waals surface area (Å²) in [6, 6.07) is 13.7. The summed E-state index contributed by atoms with van der Waals surface area (Å²) in [6.45, 7) is 2.13. The Hall–Kier alpha value is -4.36. The summed E-state index contributed by atoms with van der Waals surface area (Å²) in [5, 5.41) is 24.3. The highest BCUT2D eigenvalue weighted by Gasteiger charge is 2.11. The molecule has 0 fully saturated rings. The Labute approximate surface area is 177 Å². The van der Waals surface area contributed by atoms with Crippen LogP contribution < -0.4 is 10.2 Å². The average molecular weight is 418 g/mol. The minimum atomic E-state index is -0.525. The van der Waals surface area contributed by atoms with E-state index < -0.39 is 4.92 Å². The van der Waals surface area contributed by atoms with Gasteiger partial charge in [0, 0.05) is 30.5 Å². The molecule has 0 bridgehead atoms. The van der Waals surface area contributed by atoms with Gasteiger partial charge in [0.25, 0.3) is 5.69 Å². The van der Waals surface area contributed by atoms with Crippen molar-refractivity contribution in [2.24, 2.45) is 5.10 Å². The maximum absolute atomic E-state index is 10.7. The molecule has 3 aromatic rings. The third-order valence-electron chi connectivity index (χ3n) is 4.06. The number of nitrogens with one attached hydrogen (secondary N) is 1.